The zero-order valence-electron chi connectivity index (χ0n) is 20.5. The smallest absolute Gasteiger partial charge is 0.262 e. The highest BCUT2D eigenvalue weighted by Crippen LogP contribution is 2.39. The second-order valence-corrected chi connectivity index (χ2v) is 9.68. The maximum Gasteiger partial charge on any atom is 0.262 e. The van der Waals surface area contributed by atoms with Crippen molar-refractivity contribution in [3.63, 3.8) is 0 Å². The molecule has 1 saturated heterocycles. The van der Waals surface area contributed by atoms with E-state index in [1.165, 1.54) is 19.3 Å². The fourth-order valence-electron chi connectivity index (χ4n) is 5.34. The summed E-state index contributed by atoms with van der Waals surface area (Å²) in [5.74, 6) is 0.639. The van der Waals surface area contributed by atoms with Crippen molar-refractivity contribution in [1.29, 1.82) is 5.26 Å². The molecule has 3 heterocycles. The molecule has 0 radical (unpaired) electrons. The number of hydrogen-bond acceptors (Lipinski definition) is 5. The Hall–Kier alpha value is -3.98. The van der Waals surface area contributed by atoms with Crippen LogP contribution in [0.15, 0.2) is 72.4 Å². The maximum absolute atomic E-state index is 13.2. The molecule has 1 saturated carbocycles. The lowest BCUT2D eigenvalue weighted by Gasteiger charge is -2.31. The van der Waals surface area contributed by atoms with Gasteiger partial charge >= 0.3 is 0 Å². The van der Waals surface area contributed by atoms with Gasteiger partial charge in [0.2, 0.25) is 0 Å². The molecular formula is C30H31N5O. The van der Waals surface area contributed by atoms with Crippen molar-refractivity contribution >= 4 is 17.8 Å². The molecule has 1 aliphatic heterocycles. The van der Waals surface area contributed by atoms with E-state index >= 15 is 0 Å². The molecule has 6 heteroatoms. The van der Waals surface area contributed by atoms with Crippen LogP contribution in [0.2, 0.25) is 0 Å². The molecule has 2 aromatic heterocycles. The van der Waals surface area contributed by atoms with Gasteiger partial charge in [0.05, 0.1) is 16.9 Å². The first kappa shape index (κ1) is 23.7. The number of piperidine rings is 1. The second-order valence-electron chi connectivity index (χ2n) is 9.68. The predicted molar refractivity (Wildman–Crippen MR) is 142 cm³/mol. The van der Waals surface area contributed by atoms with E-state index in [4.69, 9.17) is 4.98 Å². The van der Waals surface area contributed by atoms with E-state index in [9.17, 15) is 10.1 Å². The Morgan fingerprint density at radius 3 is 2.42 bits per heavy atom. The molecule has 0 bridgehead atoms. The number of nitriles is 1. The summed E-state index contributed by atoms with van der Waals surface area (Å²) in [6, 6.07) is 21.9. The molecule has 1 N–H and O–H groups in total. The van der Waals surface area contributed by atoms with Crippen molar-refractivity contribution in [2.24, 2.45) is 0 Å². The molecule has 3 aromatic rings. The first-order chi connectivity index (χ1) is 17.7. The van der Waals surface area contributed by atoms with Crippen LogP contribution in [0, 0.1) is 11.3 Å². The highest BCUT2D eigenvalue weighted by atomic mass is 16.1. The maximum atomic E-state index is 13.2. The summed E-state index contributed by atoms with van der Waals surface area (Å²) in [4.78, 5) is 24.9. The van der Waals surface area contributed by atoms with Gasteiger partial charge in [0, 0.05) is 24.8 Å². The number of pyridine rings is 2. The topological polar surface area (TPSA) is 81.9 Å². The minimum Gasteiger partial charge on any atom is -0.357 e. The van der Waals surface area contributed by atoms with Gasteiger partial charge in [-0.2, -0.15) is 5.26 Å². The van der Waals surface area contributed by atoms with Gasteiger partial charge < -0.3 is 10.2 Å². The third kappa shape index (κ3) is 5.16. The van der Waals surface area contributed by atoms with Gasteiger partial charge in [-0.25, -0.2) is 9.97 Å². The van der Waals surface area contributed by atoms with Gasteiger partial charge in [-0.3, -0.25) is 4.79 Å². The van der Waals surface area contributed by atoms with Crippen molar-refractivity contribution in [3.05, 3.63) is 83.7 Å². The third-order valence-corrected chi connectivity index (χ3v) is 7.29. The van der Waals surface area contributed by atoms with E-state index in [-0.39, 0.29) is 11.5 Å². The SMILES string of the molecule is N#CC(=Cc1cccc(-c2ccc(N3CCCCC3)nc2)n1)C(=O)NC1(c2ccccc2)CCCC1. The molecule has 2 fully saturated rings. The number of anilines is 1. The Balaban J connectivity index is 1.35. The van der Waals surface area contributed by atoms with Crippen LogP contribution in [0.1, 0.15) is 56.2 Å². The highest BCUT2D eigenvalue weighted by Gasteiger charge is 2.37. The zero-order chi connectivity index (χ0) is 24.8. The fourth-order valence-corrected chi connectivity index (χ4v) is 5.34. The Labute approximate surface area is 212 Å². The van der Waals surface area contributed by atoms with Crippen LogP contribution in [0.3, 0.4) is 0 Å². The normalized spacial score (nSPS) is 17.4. The first-order valence-corrected chi connectivity index (χ1v) is 12.9. The van der Waals surface area contributed by atoms with E-state index in [2.05, 4.69) is 33.4 Å². The molecule has 1 amide bonds. The molecule has 0 unspecified atom stereocenters. The molecule has 0 atom stereocenters. The van der Waals surface area contributed by atoms with Gasteiger partial charge in [0.1, 0.15) is 17.5 Å². The summed E-state index contributed by atoms with van der Waals surface area (Å²) in [5.41, 5.74) is 2.96. The van der Waals surface area contributed by atoms with E-state index in [1.54, 1.807) is 6.08 Å². The molecule has 2 aliphatic rings. The van der Waals surface area contributed by atoms with E-state index in [0.29, 0.717) is 5.69 Å². The van der Waals surface area contributed by atoms with Crippen molar-refractivity contribution < 1.29 is 4.79 Å². The van der Waals surface area contributed by atoms with Crippen molar-refractivity contribution in [3.8, 4) is 17.3 Å². The van der Waals surface area contributed by atoms with Crippen LogP contribution in [0.5, 0.6) is 0 Å². The van der Waals surface area contributed by atoms with Crippen LogP contribution in [0.25, 0.3) is 17.3 Å². The number of amides is 1. The second kappa shape index (κ2) is 10.7. The van der Waals surface area contributed by atoms with E-state index in [0.717, 1.165) is 61.4 Å². The lowest BCUT2D eigenvalue weighted by atomic mass is 9.88. The van der Waals surface area contributed by atoms with Crippen LogP contribution in [-0.4, -0.2) is 29.0 Å². The lowest BCUT2D eigenvalue weighted by Crippen LogP contribution is -2.44. The average molecular weight is 478 g/mol. The molecule has 1 aromatic carbocycles. The number of benzene rings is 1. The number of nitrogens with one attached hydrogen (secondary N) is 1. The number of rotatable bonds is 6. The van der Waals surface area contributed by atoms with E-state index in [1.807, 2.05) is 54.7 Å². The van der Waals surface area contributed by atoms with Crippen LogP contribution in [-0.2, 0) is 10.3 Å². The summed E-state index contributed by atoms with van der Waals surface area (Å²) in [7, 11) is 0. The minimum atomic E-state index is -0.425. The van der Waals surface area contributed by atoms with Crippen LogP contribution in [0.4, 0.5) is 5.82 Å². The van der Waals surface area contributed by atoms with Gasteiger partial charge in [0.15, 0.2) is 0 Å². The Bertz CT molecular complexity index is 1260. The van der Waals surface area contributed by atoms with Gasteiger partial charge in [0.25, 0.3) is 5.91 Å². The third-order valence-electron chi connectivity index (χ3n) is 7.29. The number of nitrogens with zero attached hydrogens (tertiary/aromatic N) is 4. The Kier molecular flexibility index (Phi) is 7.08. The average Bonchev–Trinajstić information content (AvgIpc) is 3.42. The van der Waals surface area contributed by atoms with Gasteiger partial charge in [-0.1, -0.05) is 49.2 Å². The molecular weight excluding hydrogens is 446 g/mol. The quantitative estimate of drug-likeness (QED) is 0.368. The van der Waals surface area contributed by atoms with Gasteiger partial charge in [-0.05, 0) is 68.0 Å². The standard InChI is InChI=1S/C30H31N5O/c31-21-24(29(36)34-30(16-5-6-17-30)25-10-3-1-4-11-25)20-26-12-9-13-27(33-26)23-14-15-28(32-22-23)35-18-7-2-8-19-35/h1,3-4,9-15,20,22H,2,5-8,16-19H2,(H,34,36). The molecule has 0 spiro atoms. The number of hydrogen-bond donors (Lipinski definition) is 1. The zero-order valence-corrected chi connectivity index (χ0v) is 20.5. The molecule has 182 valence electrons. The first-order valence-electron chi connectivity index (χ1n) is 12.9. The Morgan fingerprint density at radius 2 is 1.72 bits per heavy atom. The van der Waals surface area contributed by atoms with Crippen molar-refractivity contribution in [2.45, 2.75) is 50.5 Å². The molecule has 6 nitrogen and oxygen atoms in total. The number of aromatic nitrogens is 2. The Morgan fingerprint density at radius 1 is 0.944 bits per heavy atom. The van der Waals surface area contributed by atoms with Crippen molar-refractivity contribution in [2.75, 3.05) is 18.0 Å². The summed E-state index contributed by atoms with van der Waals surface area (Å²) in [5, 5.41) is 13.0. The highest BCUT2D eigenvalue weighted by molar-refractivity contribution is 6.02. The minimum absolute atomic E-state index is 0.0560. The monoisotopic (exact) mass is 477 g/mol. The van der Waals surface area contributed by atoms with Crippen molar-refractivity contribution in [1.82, 2.24) is 15.3 Å². The summed E-state index contributed by atoms with van der Waals surface area (Å²) in [6.07, 6.45) is 11.0. The largest absolute Gasteiger partial charge is 0.357 e. The number of carbonyl (C=O) groups excluding carboxylic acids is 1. The molecule has 5 rings (SSSR count). The van der Waals surface area contributed by atoms with Crippen LogP contribution >= 0.6 is 0 Å². The summed E-state index contributed by atoms with van der Waals surface area (Å²) in [6.45, 7) is 2.10. The number of carbonyl (C=O) groups is 1. The predicted octanol–water partition coefficient (Wildman–Crippen LogP) is 5.63. The van der Waals surface area contributed by atoms with E-state index < -0.39 is 5.54 Å². The molecule has 36 heavy (non-hydrogen) atoms. The lowest BCUT2D eigenvalue weighted by molar-refractivity contribution is -0.119. The van der Waals surface area contributed by atoms with Gasteiger partial charge in [-0.15, -0.1) is 0 Å². The molecule has 1 aliphatic carbocycles. The fraction of sp³-hybridized carbons (Fsp3) is 0.333. The summed E-state index contributed by atoms with van der Waals surface area (Å²) >= 11 is 0. The van der Waals surface area contributed by atoms with Crippen LogP contribution < -0.4 is 10.2 Å². The summed E-state index contributed by atoms with van der Waals surface area (Å²) < 4.78 is 0.